The van der Waals surface area contributed by atoms with Crippen LogP contribution < -0.4 is 5.32 Å². The van der Waals surface area contributed by atoms with Gasteiger partial charge in [0.15, 0.2) is 0 Å². The maximum absolute atomic E-state index is 12.4. The van der Waals surface area contributed by atoms with Crippen LogP contribution in [0.4, 0.5) is 5.69 Å². The SMILES string of the molecule is CCCC(CCC)C(=O)Nc1cccc2cnccc12. The van der Waals surface area contributed by atoms with Crippen LogP contribution in [0.1, 0.15) is 39.5 Å². The number of pyridine rings is 1. The Kier molecular flexibility index (Phi) is 5.10. The molecule has 0 aliphatic heterocycles. The molecule has 1 aromatic carbocycles. The molecule has 1 heterocycles. The Morgan fingerprint density at radius 3 is 2.65 bits per heavy atom. The summed E-state index contributed by atoms with van der Waals surface area (Å²) in [5, 5.41) is 5.18. The summed E-state index contributed by atoms with van der Waals surface area (Å²) in [6, 6.07) is 7.86. The number of carbonyl (C=O) groups is 1. The van der Waals surface area contributed by atoms with Gasteiger partial charge in [-0.25, -0.2) is 0 Å². The number of nitrogens with zero attached hydrogens (tertiary/aromatic N) is 1. The van der Waals surface area contributed by atoms with Crippen LogP contribution >= 0.6 is 0 Å². The predicted molar refractivity (Wildman–Crippen MR) is 83.7 cm³/mol. The fraction of sp³-hybridized carbons (Fsp3) is 0.412. The Balaban J connectivity index is 2.20. The molecule has 20 heavy (non-hydrogen) atoms. The van der Waals surface area contributed by atoms with Gasteiger partial charge in [0, 0.05) is 34.8 Å². The summed E-state index contributed by atoms with van der Waals surface area (Å²) >= 11 is 0. The molecule has 2 aromatic rings. The normalized spacial score (nSPS) is 10.9. The van der Waals surface area contributed by atoms with Gasteiger partial charge < -0.3 is 5.32 Å². The fourth-order valence-corrected chi connectivity index (χ4v) is 2.57. The van der Waals surface area contributed by atoms with E-state index in [1.54, 1.807) is 6.20 Å². The molecule has 3 heteroatoms. The highest BCUT2D eigenvalue weighted by Crippen LogP contribution is 2.24. The van der Waals surface area contributed by atoms with Crippen LogP contribution in [-0.4, -0.2) is 10.9 Å². The number of aromatic nitrogens is 1. The number of rotatable bonds is 6. The van der Waals surface area contributed by atoms with Crippen molar-refractivity contribution in [3.05, 3.63) is 36.7 Å². The monoisotopic (exact) mass is 270 g/mol. The van der Waals surface area contributed by atoms with Crippen molar-refractivity contribution >= 4 is 22.4 Å². The lowest BCUT2D eigenvalue weighted by Crippen LogP contribution is -2.22. The largest absolute Gasteiger partial charge is 0.325 e. The van der Waals surface area contributed by atoms with Crippen LogP contribution in [0.2, 0.25) is 0 Å². The lowest BCUT2D eigenvalue weighted by molar-refractivity contribution is -0.120. The minimum absolute atomic E-state index is 0.113. The van der Waals surface area contributed by atoms with Gasteiger partial charge >= 0.3 is 0 Å². The van der Waals surface area contributed by atoms with Crippen molar-refractivity contribution in [1.29, 1.82) is 0 Å². The van der Waals surface area contributed by atoms with E-state index in [4.69, 9.17) is 0 Å². The van der Waals surface area contributed by atoms with Crippen LogP contribution in [0.3, 0.4) is 0 Å². The molecule has 3 nitrogen and oxygen atoms in total. The fourth-order valence-electron chi connectivity index (χ4n) is 2.57. The van der Waals surface area contributed by atoms with Gasteiger partial charge in [-0.15, -0.1) is 0 Å². The van der Waals surface area contributed by atoms with Crippen molar-refractivity contribution in [3.63, 3.8) is 0 Å². The second kappa shape index (κ2) is 7.04. The molecule has 0 aliphatic rings. The zero-order valence-electron chi connectivity index (χ0n) is 12.2. The van der Waals surface area contributed by atoms with Gasteiger partial charge in [-0.05, 0) is 25.0 Å². The van der Waals surface area contributed by atoms with Gasteiger partial charge in [0.2, 0.25) is 5.91 Å². The first-order valence-corrected chi connectivity index (χ1v) is 7.39. The third-order valence-corrected chi connectivity index (χ3v) is 3.58. The number of hydrogen-bond donors (Lipinski definition) is 1. The van der Waals surface area contributed by atoms with E-state index in [0.717, 1.165) is 42.1 Å². The number of fused-ring (bicyclic) bond motifs is 1. The van der Waals surface area contributed by atoms with Crippen molar-refractivity contribution in [2.45, 2.75) is 39.5 Å². The van der Waals surface area contributed by atoms with Crippen molar-refractivity contribution < 1.29 is 4.79 Å². The molecule has 1 amide bonds. The standard InChI is InChI=1S/C17H22N2O/c1-3-6-13(7-4-2)17(20)19-16-9-5-8-14-12-18-11-10-15(14)16/h5,8-13H,3-4,6-7H2,1-2H3,(H,19,20). The smallest absolute Gasteiger partial charge is 0.227 e. The highest BCUT2D eigenvalue weighted by atomic mass is 16.1. The number of anilines is 1. The molecule has 0 bridgehead atoms. The molecule has 0 radical (unpaired) electrons. The molecule has 0 saturated carbocycles. The summed E-state index contributed by atoms with van der Waals surface area (Å²) in [6.07, 6.45) is 7.56. The second-order valence-corrected chi connectivity index (χ2v) is 5.17. The lowest BCUT2D eigenvalue weighted by Gasteiger charge is -2.16. The maximum atomic E-state index is 12.4. The predicted octanol–water partition coefficient (Wildman–Crippen LogP) is 4.39. The average molecular weight is 270 g/mol. The van der Waals surface area contributed by atoms with E-state index in [2.05, 4.69) is 24.1 Å². The van der Waals surface area contributed by atoms with Gasteiger partial charge in [-0.3, -0.25) is 9.78 Å². The summed E-state index contributed by atoms with van der Waals surface area (Å²) < 4.78 is 0. The van der Waals surface area contributed by atoms with Gasteiger partial charge in [0.25, 0.3) is 0 Å². The number of amides is 1. The minimum atomic E-state index is 0.113. The first-order valence-electron chi connectivity index (χ1n) is 7.39. The molecule has 0 atom stereocenters. The van der Waals surface area contributed by atoms with E-state index in [1.807, 2.05) is 30.5 Å². The number of nitrogens with one attached hydrogen (secondary N) is 1. The van der Waals surface area contributed by atoms with Crippen molar-refractivity contribution in [3.8, 4) is 0 Å². The first-order chi connectivity index (χ1) is 9.76. The molecule has 106 valence electrons. The third-order valence-electron chi connectivity index (χ3n) is 3.58. The molecule has 0 saturated heterocycles. The van der Waals surface area contributed by atoms with Crippen LogP contribution in [0.5, 0.6) is 0 Å². The van der Waals surface area contributed by atoms with E-state index >= 15 is 0 Å². The Bertz CT molecular complexity index is 569. The number of hydrogen-bond acceptors (Lipinski definition) is 2. The van der Waals surface area contributed by atoms with Crippen molar-refractivity contribution in [2.24, 2.45) is 5.92 Å². The number of benzene rings is 1. The molecule has 0 spiro atoms. The summed E-state index contributed by atoms with van der Waals surface area (Å²) in [4.78, 5) is 16.5. The molecule has 0 fully saturated rings. The van der Waals surface area contributed by atoms with Crippen LogP contribution in [0.15, 0.2) is 36.7 Å². The molecule has 0 aliphatic carbocycles. The third kappa shape index (κ3) is 3.35. The van der Waals surface area contributed by atoms with E-state index in [1.165, 1.54) is 0 Å². The van der Waals surface area contributed by atoms with Crippen LogP contribution in [0.25, 0.3) is 10.8 Å². The highest BCUT2D eigenvalue weighted by Gasteiger charge is 2.17. The molecular weight excluding hydrogens is 248 g/mol. The van der Waals surface area contributed by atoms with E-state index < -0.39 is 0 Å². The average Bonchev–Trinajstić information content (AvgIpc) is 2.47. The van der Waals surface area contributed by atoms with Crippen molar-refractivity contribution in [2.75, 3.05) is 5.32 Å². The zero-order valence-corrected chi connectivity index (χ0v) is 12.2. The lowest BCUT2D eigenvalue weighted by atomic mass is 9.97. The summed E-state index contributed by atoms with van der Waals surface area (Å²) in [5.41, 5.74) is 0.882. The zero-order chi connectivity index (χ0) is 14.4. The van der Waals surface area contributed by atoms with Gasteiger partial charge in [0.05, 0.1) is 0 Å². The van der Waals surface area contributed by atoms with E-state index in [0.29, 0.717) is 0 Å². The number of carbonyl (C=O) groups excluding carboxylic acids is 1. The van der Waals surface area contributed by atoms with Gasteiger partial charge in [-0.2, -0.15) is 0 Å². The molecule has 1 aromatic heterocycles. The van der Waals surface area contributed by atoms with E-state index in [-0.39, 0.29) is 11.8 Å². The summed E-state index contributed by atoms with van der Waals surface area (Å²) in [6.45, 7) is 4.25. The highest BCUT2D eigenvalue weighted by molar-refractivity contribution is 6.02. The second-order valence-electron chi connectivity index (χ2n) is 5.17. The Hall–Kier alpha value is -1.90. The minimum Gasteiger partial charge on any atom is -0.325 e. The Morgan fingerprint density at radius 2 is 1.95 bits per heavy atom. The van der Waals surface area contributed by atoms with Gasteiger partial charge in [0.1, 0.15) is 0 Å². The van der Waals surface area contributed by atoms with E-state index in [9.17, 15) is 4.79 Å². The summed E-state index contributed by atoms with van der Waals surface area (Å²) in [5.74, 6) is 0.250. The topological polar surface area (TPSA) is 42.0 Å². The molecule has 2 rings (SSSR count). The van der Waals surface area contributed by atoms with Crippen LogP contribution in [-0.2, 0) is 4.79 Å². The quantitative estimate of drug-likeness (QED) is 0.845. The molecule has 0 unspecified atom stereocenters. The Morgan fingerprint density at radius 1 is 1.20 bits per heavy atom. The maximum Gasteiger partial charge on any atom is 0.227 e. The van der Waals surface area contributed by atoms with Gasteiger partial charge in [-0.1, -0.05) is 38.8 Å². The van der Waals surface area contributed by atoms with Crippen LogP contribution in [0, 0.1) is 5.92 Å². The molecule has 1 N–H and O–H groups in total. The first kappa shape index (κ1) is 14.5. The summed E-state index contributed by atoms with van der Waals surface area (Å²) in [7, 11) is 0. The Labute approximate surface area is 120 Å². The molecular formula is C17H22N2O. The van der Waals surface area contributed by atoms with Crippen molar-refractivity contribution in [1.82, 2.24) is 4.98 Å².